The Balaban J connectivity index is 1.88. The molecule has 2 aromatic rings. The topological polar surface area (TPSA) is 92.1 Å². The molecule has 1 saturated carbocycles. The lowest BCUT2D eigenvalue weighted by molar-refractivity contribution is -0.185. The molecule has 0 bridgehead atoms. The molecule has 0 saturated heterocycles. The first-order valence-electron chi connectivity index (χ1n) is 11.6. The van der Waals surface area contributed by atoms with Gasteiger partial charge in [-0.1, -0.05) is 61.0 Å². The molecule has 8 heteroatoms. The summed E-state index contributed by atoms with van der Waals surface area (Å²) in [6.45, 7) is 1.96. The maximum absolute atomic E-state index is 13.7. The quantitative estimate of drug-likeness (QED) is 0.674. The van der Waals surface area contributed by atoms with Gasteiger partial charge in [0.1, 0.15) is 17.6 Å². The number of rotatable bonds is 4. The highest BCUT2D eigenvalue weighted by molar-refractivity contribution is 6.31. The lowest BCUT2D eigenvalue weighted by Crippen LogP contribution is -2.63. The molecule has 0 spiro atoms. The van der Waals surface area contributed by atoms with Crippen LogP contribution in [0.5, 0.6) is 11.5 Å². The first-order valence-corrected chi connectivity index (χ1v) is 11.9. The van der Waals surface area contributed by atoms with Crippen LogP contribution in [0.2, 0.25) is 0 Å². The number of hydrogen-bond acceptors (Lipinski definition) is 6. The number of aliphatic hydroxyl groups excluding tert-OH is 1. The van der Waals surface area contributed by atoms with E-state index in [9.17, 15) is 15.0 Å². The van der Waals surface area contributed by atoms with E-state index in [2.05, 4.69) is 4.98 Å². The average molecular weight is 497 g/mol. The molecule has 1 aromatic heterocycles. The molecule has 184 valence electrons. The molecule has 1 amide bonds. The number of methoxy groups -OCH3 is 1. The van der Waals surface area contributed by atoms with Crippen LogP contribution in [-0.2, 0) is 10.4 Å². The highest BCUT2D eigenvalue weighted by atomic mass is 35.5. The summed E-state index contributed by atoms with van der Waals surface area (Å²) in [6, 6.07) is 9.45. The first-order chi connectivity index (χ1) is 16.6. The Morgan fingerprint density at radius 1 is 1.26 bits per heavy atom. The normalized spacial score (nSPS) is 35.1. The van der Waals surface area contributed by atoms with Gasteiger partial charge in [-0.15, -0.1) is 0 Å². The minimum Gasteiger partial charge on any atom is -0.495 e. The summed E-state index contributed by atoms with van der Waals surface area (Å²) in [5.41, 5.74) is -3.28. The van der Waals surface area contributed by atoms with E-state index in [0.717, 1.165) is 5.56 Å². The Bertz CT molecular complexity index is 1230. The Morgan fingerprint density at radius 2 is 1.97 bits per heavy atom. The molecule has 3 aliphatic rings. The largest absolute Gasteiger partial charge is 0.495 e. The van der Waals surface area contributed by atoms with E-state index in [1.807, 2.05) is 49.4 Å². The zero-order chi connectivity index (χ0) is 25.2. The number of ether oxygens (including phenoxy) is 2. The molecule has 2 N–H and O–H groups in total. The smallest absolute Gasteiger partial charge is 0.228 e. The number of benzene rings is 1. The van der Waals surface area contributed by atoms with Crippen molar-refractivity contribution in [3.8, 4) is 11.5 Å². The predicted octanol–water partition coefficient (Wildman–Crippen LogP) is 3.36. The standard InChI is InChI=1S/C27H29ClN2O5/c1-25(12-10-17(28)11-13-25)27-21(16-8-6-5-7-9-16)20(24(32)30(2)3)23(31)26(27,33)22-18(34-4)14-29-15-19(22)35-27/h5-12,14-15,20-21,23,31,33H,13H2,1-4H3/t20-,21-,23-,25?,26+,27-/m1/s1. The third kappa shape index (κ3) is 2.98. The highest BCUT2D eigenvalue weighted by Gasteiger charge is 2.81. The summed E-state index contributed by atoms with van der Waals surface area (Å²) in [6.07, 6.45) is 7.49. The highest BCUT2D eigenvalue weighted by Crippen LogP contribution is 2.71. The van der Waals surface area contributed by atoms with Crippen LogP contribution in [0, 0.1) is 11.3 Å². The summed E-state index contributed by atoms with van der Waals surface area (Å²) < 4.78 is 12.4. The summed E-state index contributed by atoms with van der Waals surface area (Å²) in [4.78, 5) is 19.3. The van der Waals surface area contributed by atoms with Crippen molar-refractivity contribution in [1.29, 1.82) is 0 Å². The van der Waals surface area contributed by atoms with Gasteiger partial charge in [-0.2, -0.15) is 0 Å². The molecule has 7 nitrogen and oxygen atoms in total. The van der Waals surface area contributed by atoms with Crippen LogP contribution in [0.25, 0.3) is 0 Å². The van der Waals surface area contributed by atoms with Gasteiger partial charge in [0.25, 0.3) is 0 Å². The van der Waals surface area contributed by atoms with Crippen molar-refractivity contribution < 1.29 is 24.5 Å². The van der Waals surface area contributed by atoms with E-state index >= 15 is 0 Å². The van der Waals surface area contributed by atoms with Crippen molar-refractivity contribution in [3.63, 3.8) is 0 Å². The van der Waals surface area contributed by atoms with Crippen LogP contribution in [0.3, 0.4) is 0 Å². The predicted molar refractivity (Wildman–Crippen MR) is 131 cm³/mol. The van der Waals surface area contributed by atoms with E-state index in [4.69, 9.17) is 21.1 Å². The first kappa shape index (κ1) is 23.9. The number of carbonyl (C=O) groups is 1. The van der Waals surface area contributed by atoms with Gasteiger partial charge in [0.05, 0.1) is 31.0 Å². The number of allylic oxidation sites excluding steroid dienone is 3. The van der Waals surface area contributed by atoms with Crippen molar-refractivity contribution >= 4 is 17.5 Å². The van der Waals surface area contributed by atoms with Gasteiger partial charge in [-0.25, -0.2) is 0 Å². The molecule has 1 fully saturated rings. The second-order valence-corrected chi connectivity index (χ2v) is 10.4. The van der Waals surface area contributed by atoms with Crippen molar-refractivity contribution in [2.75, 3.05) is 21.2 Å². The molecule has 1 unspecified atom stereocenters. The van der Waals surface area contributed by atoms with E-state index in [1.54, 1.807) is 20.2 Å². The van der Waals surface area contributed by atoms with E-state index in [0.29, 0.717) is 22.8 Å². The number of halogens is 1. The summed E-state index contributed by atoms with van der Waals surface area (Å²) in [5.74, 6) is -1.40. The maximum atomic E-state index is 13.7. The molecular formula is C27H29ClN2O5. The number of fused-ring (bicyclic) bond motifs is 3. The lowest BCUT2D eigenvalue weighted by Gasteiger charge is -2.51. The number of carbonyl (C=O) groups excluding carboxylic acids is 1. The SMILES string of the molecule is COc1cncc2c1[C@]1(O)[C@H](O)[C@H](C(=O)N(C)C)[C@@H](c3ccccc3)[C@]1(C1(C)C=CC(Cl)=CC1)O2. The van der Waals surface area contributed by atoms with Crippen molar-refractivity contribution in [3.05, 3.63) is 77.1 Å². The molecule has 35 heavy (non-hydrogen) atoms. The Hall–Kier alpha value is -2.87. The molecule has 1 aromatic carbocycles. The van der Waals surface area contributed by atoms with Crippen molar-refractivity contribution in [1.82, 2.24) is 9.88 Å². The summed E-state index contributed by atoms with van der Waals surface area (Å²) >= 11 is 6.30. The molecule has 2 aliphatic carbocycles. The second-order valence-electron chi connectivity index (χ2n) is 9.95. The second kappa shape index (κ2) is 8.08. The van der Waals surface area contributed by atoms with Gasteiger partial charge < -0.3 is 24.6 Å². The van der Waals surface area contributed by atoms with Crippen LogP contribution in [0.15, 0.2) is 66.0 Å². The van der Waals surface area contributed by atoms with Gasteiger partial charge in [0.2, 0.25) is 5.91 Å². The Morgan fingerprint density at radius 3 is 2.57 bits per heavy atom. The fraction of sp³-hybridized carbons (Fsp3) is 0.407. The lowest BCUT2D eigenvalue weighted by atomic mass is 9.58. The number of nitrogens with zero attached hydrogens (tertiary/aromatic N) is 2. The fourth-order valence-electron chi connectivity index (χ4n) is 6.40. The van der Waals surface area contributed by atoms with Crippen molar-refractivity contribution in [2.45, 2.75) is 36.6 Å². The Labute approximate surface area is 209 Å². The molecule has 1 aliphatic heterocycles. The van der Waals surface area contributed by atoms with Crippen LogP contribution in [0.1, 0.15) is 30.4 Å². The van der Waals surface area contributed by atoms with Gasteiger partial charge in [0.15, 0.2) is 11.2 Å². The zero-order valence-corrected chi connectivity index (χ0v) is 20.9. The van der Waals surface area contributed by atoms with Gasteiger partial charge in [-0.3, -0.25) is 9.78 Å². The number of aromatic nitrogens is 1. The van der Waals surface area contributed by atoms with E-state index in [1.165, 1.54) is 24.4 Å². The number of pyridine rings is 1. The molecule has 6 atom stereocenters. The number of hydrogen-bond donors (Lipinski definition) is 2. The van der Waals surface area contributed by atoms with Crippen LogP contribution in [0.4, 0.5) is 0 Å². The van der Waals surface area contributed by atoms with Crippen LogP contribution in [-0.4, -0.2) is 58.9 Å². The summed E-state index contributed by atoms with van der Waals surface area (Å²) in [7, 11) is 4.77. The fourth-order valence-corrected chi connectivity index (χ4v) is 6.54. The number of aliphatic hydroxyl groups is 2. The van der Waals surface area contributed by atoms with Crippen LogP contribution >= 0.6 is 11.6 Å². The van der Waals surface area contributed by atoms with Crippen molar-refractivity contribution in [2.24, 2.45) is 11.3 Å². The number of amides is 1. The van der Waals surface area contributed by atoms with Gasteiger partial charge >= 0.3 is 0 Å². The third-order valence-corrected chi connectivity index (χ3v) is 8.22. The van der Waals surface area contributed by atoms with Gasteiger partial charge in [0, 0.05) is 30.5 Å². The minimum absolute atomic E-state index is 0.285. The van der Waals surface area contributed by atoms with E-state index < -0.39 is 34.6 Å². The molecule has 2 heterocycles. The average Bonchev–Trinajstić information content (AvgIpc) is 3.25. The molecule has 0 radical (unpaired) electrons. The minimum atomic E-state index is -2.00. The maximum Gasteiger partial charge on any atom is 0.228 e. The summed E-state index contributed by atoms with van der Waals surface area (Å²) in [5, 5.41) is 25.3. The monoisotopic (exact) mass is 496 g/mol. The van der Waals surface area contributed by atoms with E-state index in [-0.39, 0.29) is 11.7 Å². The zero-order valence-electron chi connectivity index (χ0n) is 20.1. The molecular weight excluding hydrogens is 468 g/mol. The van der Waals surface area contributed by atoms with Crippen LogP contribution < -0.4 is 9.47 Å². The molecule has 5 rings (SSSR count). The van der Waals surface area contributed by atoms with Gasteiger partial charge in [-0.05, 0) is 18.1 Å². The third-order valence-electron chi connectivity index (χ3n) is 7.94. The Kier molecular flexibility index (Phi) is 5.51.